The second kappa shape index (κ2) is 7.92. The number of aromatic amines is 1. The fraction of sp³-hybridized carbons (Fsp3) is 0.263. The van der Waals surface area contributed by atoms with Gasteiger partial charge >= 0.3 is 0 Å². The number of aliphatic hydroxyl groups excluding tert-OH is 1. The topological polar surface area (TPSA) is 87.2 Å². The fourth-order valence-electron chi connectivity index (χ4n) is 2.52. The lowest BCUT2D eigenvalue weighted by atomic mass is 10.1. The summed E-state index contributed by atoms with van der Waals surface area (Å²) in [5.74, 6) is 0.332. The lowest BCUT2D eigenvalue weighted by Crippen LogP contribution is -2.27. The molecule has 0 saturated heterocycles. The maximum Gasteiger partial charge on any atom is 0.260 e. The Morgan fingerprint density at radius 1 is 1.16 bits per heavy atom. The summed E-state index contributed by atoms with van der Waals surface area (Å²) in [5.41, 5.74) is 1.46. The largest absolute Gasteiger partial charge is 0.389 e. The van der Waals surface area contributed by atoms with E-state index in [1.54, 1.807) is 18.2 Å². The highest BCUT2D eigenvalue weighted by Gasteiger charge is 2.10. The Kier molecular flexibility index (Phi) is 5.42. The Balaban J connectivity index is 1.54. The first-order valence-corrected chi connectivity index (χ1v) is 8.21. The van der Waals surface area contributed by atoms with Gasteiger partial charge in [0, 0.05) is 6.54 Å². The zero-order chi connectivity index (χ0) is 17.6. The molecule has 25 heavy (non-hydrogen) atoms. The van der Waals surface area contributed by atoms with Gasteiger partial charge in [0.15, 0.2) is 0 Å². The van der Waals surface area contributed by atoms with E-state index >= 15 is 0 Å². The molecule has 6 nitrogen and oxygen atoms in total. The van der Waals surface area contributed by atoms with Crippen molar-refractivity contribution >= 4 is 16.9 Å². The van der Waals surface area contributed by atoms with Gasteiger partial charge in [-0.1, -0.05) is 42.5 Å². The molecule has 0 aliphatic rings. The third-order valence-corrected chi connectivity index (χ3v) is 3.93. The highest BCUT2D eigenvalue weighted by atomic mass is 16.5. The van der Waals surface area contributed by atoms with E-state index in [2.05, 4.69) is 15.3 Å². The van der Waals surface area contributed by atoms with Gasteiger partial charge < -0.3 is 15.2 Å². The van der Waals surface area contributed by atoms with E-state index in [0.29, 0.717) is 16.9 Å². The number of hydrogen-bond donors (Lipinski definition) is 3. The Morgan fingerprint density at radius 2 is 1.88 bits per heavy atom. The number of aliphatic hydroxyl groups is 1. The molecule has 0 amide bonds. The maximum absolute atomic E-state index is 12.0. The van der Waals surface area contributed by atoms with Crippen molar-refractivity contribution in [2.75, 3.05) is 18.5 Å². The highest BCUT2D eigenvalue weighted by Crippen LogP contribution is 2.16. The number of nitrogens with one attached hydrogen (secondary N) is 2. The third-order valence-electron chi connectivity index (χ3n) is 3.93. The number of H-pyrrole nitrogens is 1. The summed E-state index contributed by atoms with van der Waals surface area (Å²) in [7, 11) is 0. The molecule has 130 valence electrons. The van der Waals surface area contributed by atoms with E-state index in [0.717, 1.165) is 5.56 Å². The monoisotopic (exact) mass is 339 g/mol. The minimum absolute atomic E-state index is 0.102. The van der Waals surface area contributed by atoms with E-state index in [1.807, 2.05) is 43.3 Å². The second-order valence-electron chi connectivity index (χ2n) is 5.85. The van der Waals surface area contributed by atoms with E-state index in [1.165, 1.54) is 0 Å². The van der Waals surface area contributed by atoms with Crippen LogP contribution < -0.4 is 10.9 Å². The number of benzene rings is 2. The zero-order valence-corrected chi connectivity index (χ0v) is 14.0. The molecule has 1 aromatic heterocycles. The van der Waals surface area contributed by atoms with Gasteiger partial charge in [0.05, 0.1) is 29.7 Å². The fourth-order valence-corrected chi connectivity index (χ4v) is 2.52. The molecule has 6 heteroatoms. The average molecular weight is 339 g/mol. The normalized spacial score (nSPS) is 13.5. The Bertz CT molecular complexity index is 880. The molecular formula is C19H21N3O3. The Morgan fingerprint density at radius 3 is 2.68 bits per heavy atom. The summed E-state index contributed by atoms with van der Waals surface area (Å²) in [6, 6.07) is 16.9. The van der Waals surface area contributed by atoms with Crippen molar-refractivity contribution in [2.24, 2.45) is 0 Å². The number of nitrogens with zero attached hydrogens (tertiary/aromatic N) is 1. The van der Waals surface area contributed by atoms with Gasteiger partial charge in [-0.2, -0.15) is 0 Å². The van der Waals surface area contributed by atoms with Crippen LogP contribution in [0.3, 0.4) is 0 Å². The number of fused-ring (bicyclic) bond motifs is 1. The molecule has 0 spiro atoms. The molecule has 0 fully saturated rings. The van der Waals surface area contributed by atoms with Crippen molar-refractivity contribution in [1.82, 2.24) is 9.97 Å². The molecule has 0 aliphatic carbocycles. The van der Waals surface area contributed by atoms with Gasteiger partial charge in [-0.3, -0.25) is 9.78 Å². The van der Waals surface area contributed by atoms with Gasteiger partial charge in [-0.25, -0.2) is 4.98 Å². The number of rotatable bonds is 7. The number of para-hydroxylation sites is 1. The number of anilines is 1. The molecule has 2 aromatic carbocycles. The smallest absolute Gasteiger partial charge is 0.260 e. The summed E-state index contributed by atoms with van der Waals surface area (Å²) >= 11 is 0. The summed E-state index contributed by atoms with van der Waals surface area (Å²) < 4.78 is 5.69. The standard InChI is InChI=1S/C19H21N3O3/c1-13(14-7-3-2-4-8-14)25-12-15(23)11-20-19-21-17-10-6-5-9-16(17)18(24)22-19/h2-10,13,15,23H,11-12H2,1H3,(H2,20,21,22,24)/t13-,15-/m0/s1. The Hall–Kier alpha value is -2.70. The maximum atomic E-state index is 12.0. The molecule has 0 unspecified atom stereocenters. The minimum atomic E-state index is -0.720. The molecule has 0 aliphatic heterocycles. The van der Waals surface area contributed by atoms with Crippen LogP contribution in [0.2, 0.25) is 0 Å². The van der Waals surface area contributed by atoms with Crippen molar-refractivity contribution in [3.63, 3.8) is 0 Å². The van der Waals surface area contributed by atoms with E-state index in [-0.39, 0.29) is 24.8 Å². The van der Waals surface area contributed by atoms with Gasteiger partial charge in [0.1, 0.15) is 0 Å². The van der Waals surface area contributed by atoms with Crippen LogP contribution in [0.4, 0.5) is 5.95 Å². The van der Waals surface area contributed by atoms with Gasteiger partial charge in [-0.15, -0.1) is 0 Å². The first-order valence-electron chi connectivity index (χ1n) is 8.21. The second-order valence-corrected chi connectivity index (χ2v) is 5.85. The quantitative estimate of drug-likeness (QED) is 0.615. The molecule has 0 saturated carbocycles. The van der Waals surface area contributed by atoms with E-state index < -0.39 is 6.10 Å². The minimum Gasteiger partial charge on any atom is -0.389 e. The van der Waals surface area contributed by atoms with Crippen LogP contribution >= 0.6 is 0 Å². The van der Waals surface area contributed by atoms with Crippen molar-refractivity contribution in [1.29, 1.82) is 0 Å². The van der Waals surface area contributed by atoms with Crippen LogP contribution in [0.1, 0.15) is 18.6 Å². The third kappa shape index (κ3) is 4.43. The predicted octanol–water partition coefficient (Wildman–Crippen LogP) is 2.47. The first-order chi connectivity index (χ1) is 12.1. The van der Waals surface area contributed by atoms with Crippen molar-refractivity contribution in [3.8, 4) is 0 Å². The van der Waals surface area contributed by atoms with Gasteiger partial charge in [0.2, 0.25) is 5.95 Å². The number of ether oxygens (including phenoxy) is 1. The van der Waals surface area contributed by atoms with E-state index in [9.17, 15) is 9.90 Å². The molecule has 1 heterocycles. The van der Waals surface area contributed by atoms with Gasteiger partial charge in [0.25, 0.3) is 5.56 Å². The van der Waals surface area contributed by atoms with E-state index in [4.69, 9.17) is 4.74 Å². The molecular weight excluding hydrogens is 318 g/mol. The summed E-state index contributed by atoms with van der Waals surface area (Å²) in [6.45, 7) is 2.35. The lowest BCUT2D eigenvalue weighted by molar-refractivity contribution is 0.00238. The molecule has 3 N–H and O–H groups in total. The molecule has 3 rings (SSSR count). The summed E-state index contributed by atoms with van der Waals surface area (Å²) in [6.07, 6.45) is -0.822. The number of hydrogen-bond acceptors (Lipinski definition) is 5. The zero-order valence-electron chi connectivity index (χ0n) is 14.0. The SMILES string of the molecule is C[C@H](OC[C@@H](O)CNc1nc2ccccc2c(=O)[nH]1)c1ccccc1. The van der Waals surface area contributed by atoms with Gasteiger partial charge in [-0.05, 0) is 24.6 Å². The first kappa shape index (κ1) is 17.1. The van der Waals surface area contributed by atoms with Crippen LogP contribution in [0.25, 0.3) is 10.9 Å². The molecule has 0 bridgehead atoms. The average Bonchev–Trinajstić information content (AvgIpc) is 2.65. The predicted molar refractivity (Wildman–Crippen MR) is 97.7 cm³/mol. The van der Waals surface area contributed by atoms with Crippen molar-refractivity contribution in [2.45, 2.75) is 19.1 Å². The highest BCUT2D eigenvalue weighted by molar-refractivity contribution is 5.78. The van der Waals surface area contributed by atoms with Crippen LogP contribution in [0.5, 0.6) is 0 Å². The van der Waals surface area contributed by atoms with Crippen LogP contribution in [0, 0.1) is 0 Å². The molecule has 3 aromatic rings. The van der Waals surface area contributed by atoms with Crippen LogP contribution in [-0.2, 0) is 4.74 Å². The summed E-state index contributed by atoms with van der Waals surface area (Å²) in [5, 5.41) is 13.6. The Labute approximate surface area is 145 Å². The van der Waals surface area contributed by atoms with Crippen molar-refractivity contribution in [3.05, 3.63) is 70.5 Å². The number of aromatic nitrogens is 2. The van der Waals surface area contributed by atoms with Crippen LogP contribution in [-0.4, -0.2) is 34.3 Å². The lowest BCUT2D eigenvalue weighted by Gasteiger charge is -2.17. The van der Waals surface area contributed by atoms with Crippen LogP contribution in [0.15, 0.2) is 59.4 Å². The molecule has 2 atom stereocenters. The van der Waals surface area contributed by atoms with Crippen molar-refractivity contribution < 1.29 is 9.84 Å². The summed E-state index contributed by atoms with van der Waals surface area (Å²) in [4.78, 5) is 19.0. The molecule has 0 radical (unpaired) electrons.